The summed E-state index contributed by atoms with van der Waals surface area (Å²) in [6.45, 7) is 28.9. The molecule has 0 N–H and O–H groups in total. The zero-order valence-electron chi connectivity index (χ0n) is 26.2. The van der Waals surface area contributed by atoms with Crippen LogP contribution < -0.4 is 4.74 Å². The molecule has 0 amide bonds. The van der Waals surface area contributed by atoms with Crippen molar-refractivity contribution in [2.75, 3.05) is 20.3 Å². The van der Waals surface area contributed by atoms with Crippen LogP contribution in [0.1, 0.15) is 61.0 Å². The van der Waals surface area contributed by atoms with E-state index in [9.17, 15) is 0 Å². The second-order valence-corrected chi connectivity index (χ2v) is 22.3. The zero-order valence-corrected chi connectivity index (χ0v) is 28.2. The van der Waals surface area contributed by atoms with Gasteiger partial charge in [-0.3, -0.25) is 0 Å². The van der Waals surface area contributed by atoms with Gasteiger partial charge in [0.1, 0.15) is 11.4 Å². The third kappa shape index (κ3) is 8.04. The molecule has 0 unspecified atom stereocenters. The fourth-order valence-electron chi connectivity index (χ4n) is 5.02. The van der Waals surface area contributed by atoms with Gasteiger partial charge in [-0.1, -0.05) is 66.7 Å². The van der Waals surface area contributed by atoms with E-state index >= 15 is 0 Å². The molecule has 5 nitrogen and oxygen atoms in total. The van der Waals surface area contributed by atoms with Crippen LogP contribution in [0.4, 0.5) is 0 Å². The summed E-state index contributed by atoms with van der Waals surface area (Å²) in [5, 5.41) is 0.155. The summed E-state index contributed by atoms with van der Waals surface area (Å²) >= 11 is 0. The standard InChI is InChI=1S/C31H56O5Si2/c1-13-26(23-34-37(11,12)30(6,7)8)29(36-38(14-2,15-3)16-4)31(9)28(35-31)24(5)21-33-22-25-17-19-27(32-10)20-18-25/h13,17-20,24,26,28-29H,1,14-16,21-23H2,2-12H3/t24-,26+,28+,29-,31-/m0/s1. The molecule has 1 saturated heterocycles. The number of rotatable bonds is 17. The van der Waals surface area contributed by atoms with E-state index in [2.05, 4.69) is 75.1 Å². The number of hydrogen-bond donors (Lipinski definition) is 0. The molecule has 0 spiro atoms. The maximum atomic E-state index is 7.22. The molecule has 1 aliphatic heterocycles. The summed E-state index contributed by atoms with van der Waals surface area (Å²) in [6.07, 6.45) is 2.05. The molecular formula is C31H56O5Si2. The normalized spacial score (nSPS) is 22.6. The Morgan fingerprint density at radius 2 is 1.63 bits per heavy atom. The van der Waals surface area contributed by atoms with E-state index in [4.69, 9.17) is 23.1 Å². The number of hydrogen-bond acceptors (Lipinski definition) is 5. The number of benzene rings is 1. The molecule has 1 heterocycles. The molecule has 0 radical (unpaired) electrons. The quantitative estimate of drug-likeness (QED) is 0.108. The predicted molar refractivity (Wildman–Crippen MR) is 164 cm³/mol. The van der Waals surface area contributed by atoms with E-state index in [1.807, 2.05) is 30.3 Å². The second kappa shape index (κ2) is 13.6. The monoisotopic (exact) mass is 564 g/mol. The summed E-state index contributed by atoms with van der Waals surface area (Å²) in [7, 11) is -2.12. The first-order valence-corrected chi connectivity index (χ1v) is 20.0. The van der Waals surface area contributed by atoms with Gasteiger partial charge in [-0.15, -0.1) is 6.58 Å². The highest BCUT2D eigenvalue weighted by Gasteiger charge is 2.62. The van der Waals surface area contributed by atoms with E-state index in [0.717, 1.165) is 29.4 Å². The Morgan fingerprint density at radius 3 is 2.11 bits per heavy atom. The lowest BCUT2D eigenvalue weighted by atomic mass is 9.86. The first-order chi connectivity index (χ1) is 17.7. The Morgan fingerprint density at radius 1 is 1.05 bits per heavy atom. The minimum Gasteiger partial charge on any atom is -0.497 e. The predicted octanol–water partition coefficient (Wildman–Crippen LogP) is 8.22. The molecule has 2 rings (SSSR count). The third-order valence-electron chi connectivity index (χ3n) is 9.22. The van der Waals surface area contributed by atoms with E-state index < -0.39 is 16.6 Å². The fraction of sp³-hybridized carbons (Fsp3) is 0.742. The number of methoxy groups -OCH3 is 1. The molecule has 7 heteroatoms. The van der Waals surface area contributed by atoms with Gasteiger partial charge in [0, 0.05) is 18.4 Å². The molecule has 38 heavy (non-hydrogen) atoms. The minimum absolute atomic E-state index is 0.0723. The highest BCUT2D eigenvalue weighted by molar-refractivity contribution is 6.74. The summed E-state index contributed by atoms with van der Waals surface area (Å²) in [4.78, 5) is 0. The zero-order chi connectivity index (χ0) is 28.8. The van der Waals surface area contributed by atoms with E-state index in [0.29, 0.717) is 19.8 Å². The van der Waals surface area contributed by atoms with Gasteiger partial charge < -0.3 is 23.1 Å². The third-order valence-corrected chi connectivity index (χ3v) is 18.3. The van der Waals surface area contributed by atoms with Gasteiger partial charge >= 0.3 is 0 Å². The van der Waals surface area contributed by atoms with Crippen molar-refractivity contribution in [2.24, 2.45) is 11.8 Å². The maximum absolute atomic E-state index is 7.22. The Balaban J connectivity index is 2.16. The van der Waals surface area contributed by atoms with Crippen LogP contribution in [-0.4, -0.2) is 54.8 Å². The molecule has 0 saturated carbocycles. The van der Waals surface area contributed by atoms with Gasteiger partial charge in [-0.25, -0.2) is 0 Å². The topological polar surface area (TPSA) is 49.5 Å². The van der Waals surface area contributed by atoms with Crippen molar-refractivity contribution in [3.8, 4) is 5.75 Å². The Bertz CT molecular complexity index is 854. The highest BCUT2D eigenvalue weighted by Crippen LogP contribution is 2.49. The van der Waals surface area contributed by atoms with Crippen LogP contribution in [0.2, 0.25) is 36.3 Å². The lowest BCUT2D eigenvalue weighted by molar-refractivity contribution is 0.0422. The molecule has 0 aliphatic carbocycles. The maximum Gasteiger partial charge on any atom is 0.192 e. The van der Waals surface area contributed by atoms with Crippen LogP contribution in [0.5, 0.6) is 5.75 Å². The summed E-state index contributed by atoms with van der Waals surface area (Å²) in [5.74, 6) is 1.18. The summed E-state index contributed by atoms with van der Waals surface area (Å²) in [6, 6.07) is 11.3. The minimum atomic E-state index is -1.91. The van der Waals surface area contributed by atoms with Crippen LogP contribution in [0.3, 0.4) is 0 Å². The second-order valence-electron chi connectivity index (χ2n) is 12.8. The first kappa shape index (κ1) is 33.2. The van der Waals surface area contributed by atoms with Crippen molar-refractivity contribution in [2.45, 2.75) is 116 Å². The number of ether oxygens (including phenoxy) is 3. The van der Waals surface area contributed by atoms with E-state index in [1.165, 1.54) is 0 Å². The van der Waals surface area contributed by atoms with Crippen molar-refractivity contribution in [3.05, 3.63) is 42.5 Å². The van der Waals surface area contributed by atoms with Crippen molar-refractivity contribution in [3.63, 3.8) is 0 Å². The van der Waals surface area contributed by atoms with Gasteiger partial charge in [0.05, 0.1) is 32.5 Å². The smallest absolute Gasteiger partial charge is 0.192 e. The Hall–Kier alpha value is -0.966. The molecule has 5 atom stereocenters. The molecule has 1 aliphatic rings. The Labute approximate surface area is 235 Å². The first-order valence-electron chi connectivity index (χ1n) is 14.5. The van der Waals surface area contributed by atoms with E-state index in [1.54, 1.807) is 7.11 Å². The summed E-state index contributed by atoms with van der Waals surface area (Å²) in [5.41, 5.74) is 0.758. The molecule has 1 aromatic rings. The average Bonchev–Trinajstić information content (AvgIpc) is 3.58. The lowest BCUT2D eigenvalue weighted by Crippen LogP contribution is -2.51. The summed E-state index contributed by atoms with van der Waals surface area (Å²) < 4.78 is 31.8. The number of epoxide rings is 1. The molecular weight excluding hydrogens is 509 g/mol. The van der Waals surface area contributed by atoms with Crippen LogP contribution in [-0.2, 0) is 24.9 Å². The molecule has 218 valence electrons. The van der Waals surface area contributed by atoms with Crippen LogP contribution in [0, 0.1) is 11.8 Å². The lowest BCUT2D eigenvalue weighted by Gasteiger charge is -2.41. The van der Waals surface area contributed by atoms with Crippen molar-refractivity contribution < 1.29 is 23.1 Å². The molecule has 1 fully saturated rings. The van der Waals surface area contributed by atoms with Crippen molar-refractivity contribution in [1.82, 2.24) is 0 Å². The van der Waals surface area contributed by atoms with Crippen molar-refractivity contribution in [1.29, 1.82) is 0 Å². The average molecular weight is 565 g/mol. The van der Waals surface area contributed by atoms with Gasteiger partial charge in [0.15, 0.2) is 16.6 Å². The molecule has 0 aromatic heterocycles. The van der Waals surface area contributed by atoms with Crippen LogP contribution in [0.15, 0.2) is 36.9 Å². The van der Waals surface area contributed by atoms with Gasteiger partial charge in [0.2, 0.25) is 0 Å². The van der Waals surface area contributed by atoms with Gasteiger partial charge in [0.25, 0.3) is 0 Å². The van der Waals surface area contributed by atoms with Crippen LogP contribution in [0.25, 0.3) is 0 Å². The highest BCUT2D eigenvalue weighted by atomic mass is 28.4. The SMILES string of the molecule is C=C[C@H](CO[Si](C)(C)C(C)(C)C)[C@H](O[Si](CC)(CC)CC)[C@@]1(C)O[C@@H]1[C@@H](C)COCc1ccc(OC)cc1. The largest absolute Gasteiger partial charge is 0.497 e. The van der Waals surface area contributed by atoms with Gasteiger partial charge in [-0.05, 0) is 60.9 Å². The molecule has 1 aromatic carbocycles. The van der Waals surface area contributed by atoms with Crippen molar-refractivity contribution >= 4 is 16.6 Å². The van der Waals surface area contributed by atoms with E-state index in [-0.39, 0.29) is 34.7 Å². The molecule has 0 bridgehead atoms. The van der Waals surface area contributed by atoms with Crippen LogP contribution >= 0.6 is 0 Å². The van der Waals surface area contributed by atoms with Gasteiger partial charge in [-0.2, -0.15) is 0 Å². The Kier molecular flexibility index (Phi) is 11.9. The fourth-order valence-corrected chi connectivity index (χ4v) is 9.01.